The number of cyclic esters (lactones) is 1. The molecular weight excluding hydrogens is 436 g/mol. The zero-order chi connectivity index (χ0) is 25.6. The van der Waals surface area contributed by atoms with Crippen LogP contribution in [-0.2, 0) is 28.7 Å². The summed E-state index contributed by atoms with van der Waals surface area (Å²) in [6, 6.07) is 0. The second kappa shape index (κ2) is 7.00. The van der Waals surface area contributed by atoms with E-state index in [9.17, 15) is 24.3 Å². The monoisotopic (exact) mass is 470 g/mol. The van der Waals surface area contributed by atoms with Gasteiger partial charge in [-0.05, 0) is 75.5 Å². The molecule has 0 aromatic carbocycles. The van der Waals surface area contributed by atoms with Gasteiger partial charge in [0.05, 0.1) is 18.9 Å². The van der Waals surface area contributed by atoms with E-state index in [0.717, 1.165) is 16.7 Å². The van der Waals surface area contributed by atoms with Crippen molar-refractivity contribution in [3.05, 3.63) is 34.9 Å². The third-order valence-electron chi connectivity index (χ3n) is 9.38. The Morgan fingerprint density at radius 2 is 1.79 bits per heavy atom. The third-order valence-corrected chi connectivity index (χ3v) is 9.38. The SMILES string of the molecule is C=C1[C@@]2(C)C[C@H]3C(C)=C4CC(=O)OC(C)(C)C4=CC[C@]3(C)[C@]1(C(=O)OC)CC(=O)[C@@](C)(O)C2=O. The minimum Gasteiger partial charge on any atom is -0.468 e. The van der Waals surface area contributed by atoms with E-state index in [4.69, 9.17) is 9.47 Å². The van der Waals surface area contributed by atoms with Gasteiger partial charge in [0.2, 0.25) is 0 Å². The van der Waals surface area contributed by atoms with Gasteiger partial charge in [0.25, 0.3) is 0 Å². The van der Waals surface area contributed by atoms with Crippen LogP contribution < -0.4 is 0 Å². The fraction of sp³-hybridized carbons (Fsp3) is 0.630. The first-order valence-electron chi connectivity index (χ1n) is 11.7. The van der Waals surface area contributed by atoms with Crippen molar-refractivity contribution in [2.24, 2.45) is 22.2 Å². The van der Waals surface area contributed by atoms with Gasteiger partial charge in [-0.3, -0.25) is 19.2 Å². The summed E-state index contributed by atoms with van der Waals surface area (Å²) in [6.45, 7) is 14.7. The normalized spacial score (nSPS) is 41.5. The highest BCUT2D eigenvalue weighted by atomic mass is 16.6. The van der Waals surface area contributed by atoms with Gasteiger partial charge in [0, 0.05) is 6.42 Å². The number of carbonyl (C=O) groups excluding carboxylic acids is 4. The Hall–Kier alpha value is -2.54. The molecular formula is C27H34O7. The molecule has 1 saturated heterocycles. The van der Waals surface area contributed by atoms with Gasteiger partial charge in [-0.2, -0.15) is 0 Å². The van der Waals surface area contributed by atoms with Crippen molar-refractivity contribution in [2.75, 3.05) is 7.11 Å². The lowest BCUT2D eigenvalue weighted by molar-refractivity contribution is -0.168. The topological polar surface area (TPSA) is 107 Å². The molecule has 7 heteroatoms. The summed E-state index contributed by atoms with van der Waals surface area (Å²) in [6.07, 6.45) is 2.35. The average Bonchev–Trinajstić information content (AvgIpc) is 2.86. The van der Waals surface area contributed by atoms with E-state index < -0.39 is 45.0 Å². The van der Waals surface area contributed by atoms with Crippen molar-refractivity contribution in [3.8, 4) is 0 Å². The standard InChI is InChI=1S/C27H34O7/c1-14-16-11-20(29)34-23(3,4)17(16)9-10-25(6)18(14)12-24(5)15(2)27(25,22(31)33-8)13-19(28)26(7,32)21(24)30/h9,18,32H,2,10-13H2,1,3-8H3/t18-,24+,25-,26+,27+/m0/s1. The van der Waals surface area contributed by atoms with Crippen LogP contribution in [0, 0.1) is 22.2 Å². The van der Waals surface area contributed by atoms with Crippen LogP contribution in [0.5, 0.6) is 0 Å². The van der Waals surface area contributed by atoms with Crippen LogP contribution in [0.1, 0.15) is 67.2 Å². The van der Waals surface area contributed by atoms with Crippen LogP contribution >= 0.6 is 0 Å². The fourth-order valence-electron chi connectivity index (χ4n) is 7.26. The number of esters is 2. The molecule has 1 aliphatic heterocycles. The summed E-state index contributed by atoms with van der Waals surface area (Å²) in [5, 5.41) is 11.0. The Labute approximate surface area is 200 Å². The number of Topliss-reactive ketones (excluding diaryl/α,β-unsaturated/α-hetero) is 2. The first kappa shape index (κ1) is 24.6. The van der Waals surface area contributed by atoms with Gasteiger partial charge >= 0.3 is 11.9 Å². The van der Waals surface area contributed by atoms with E-state index >= 15 is 0 Å². The Kier molecular flexibility index (Phi) is 5.06. The third kappa shape index (κ3) is 2.73. The maximum absolute atomic E-state index is 13.7. The first-order chi connectivity index (χ1) is 15.5. The van der Waals surface area contributed by atoms with E-state index in [1.54, 1.807) is 6.92 Å². The molecule has 5 atom stereocenters. The molecule has 184 valence electrons. The number of ether oxygens (including phenoxy) is 2. The summed E-state index contributed by atoms with van der Waals surface area (Å²) >= 11 is 0. The number of methoxy groups -OCH3 is 1. The van der Waals surface area contributed by atoms with Crippen LogP contribution in [0.2, 0.25) is 0 Å². The maximum atomic E-state index is 13.7. The molecule has 0 unspecified atom stereocenters. The zero-order valence-corrected chi connectivity index (χ0v) is 21.1. The van der Waals surface area contributed by atoms with Gasteiger partial charge in [0.1, 0.15) is 11.0 Å². The molecule has 34 heavy (non-hydrogen) atoms. The molecule has 2 saturated carbocycles. The summed E-state index contributed by atoms with van der Waals surface area (Å²) in [5.41, 5.74) is -3.92. The highest BCUT2D eigenvalue weighted by Gasteiger charge is 2.72. The summed E-state index contributed by atoms with van der Waals surface area (Å²) < 4.78 is 10.9. The number of ketones is 2. The van der Waals surface area contributed by atoms with Crippen molar-refractivity contribution in [3.63, 3.8) is 0 Å². The molecule has 0 aromatic heterocycles. The van der Waals surface area contributed by atoms with Gasteiger partial charge in [-0.15, -0.1) is 0 Å². The number of hydrogen-bond acceptors (Lipinski definition) is 7. The Morgan fingerprint density at radius 1 is 1.18 bits per heavy atom. The first-order valence-corrected chi connectivity index (χ1v) is 11.7. The maximum Gasteiger partial charge on any atom is 0.317 e. The van der Waals surface area contributed by atoms with E-state index in [1.165, 1.54) is 14.0 Å². The van der Waals surface area contributed by atoms with Crippen molar-refractivity contribution >= 4 is 23.5 Å². The number of hydrogen-bond donors (Lipinski definition) is 1. The molecule has 0 aromatic rings. The Bertz CT molecular complexity index is 1120. The molecule has 1 N–H and O–H groups in total. The van der Waals surface area contributed by atoms with Crippen LogP contribution in [0.4, 0.5) is 0 Å². The minimum atomic E-state index is -2.24. The van der Waals surface area contributed by atoms with Crippen molar-refractivity contribution in [1.82, 2.24) is 0 Å². The lowest BCUT2D eigenvalue weighted by Gasteiger charge is -2.59. The zero-order valence-electron chi connectivity index (χ0n) is 21.1. The predicted molar refractivity (Wildman–Crippen MR) is 123 cm³/mol. The quantitative estimate of drug-likeness (QED) is 0.356. The number of rotatable bonds is 1. The summed E-state index contributed by atoms with van der Waals surface area (Å²) in [7, 11) is 1.26. The fourth-order valence-corrected chi connectivity index (χ4v) is 7.26. The molecule has 4 aliphatic rings. The predicted octanol–water partition coefficient (Wildman–Crippen LogP) is 3.40. The molecule has 4 rings (SSSR count). The molecule has 3 fully saturated rings. The summed E-state index contributed by atoms with van der Waals surface area (Å²) in [5.74, 6) is -2.68. The minimum absolute atomic E-state index is 0.0984. The largest absolute Gasteiger partial charge is 0.468 e. The lowest BCUT2D eigenvalue weighted by atomic mass is 9.42. The molecule has 3 aliphatic carbocycles. The Balaban J connectivity index is 2.09. The highest BCUT2D eigenvalue weighted by Crippen LogP contribution is 2.70. The number of fused-ring (bicyclic) bond motifs is 5. The molecule has 7 nitrogen and oxygen atoms in total. The van der Waals surface area contributed by atoms with Crippen LogP contribution in [0.15, 0.2) is 34.9 Å². The van der Waals surface area contributed by atoms with Gasteiger partial charge < -0.3 is 14.6 Å². The molecule has 0 amide bonds. The molecule has 2 bridgehead atoms. The lowest BCUT2D eigenvalue weighted by Crippen LogP contribution is -2.60. The van der Waals surface area contributed by atoms with E-state index in [-0.39, 0.29) is 31.1 Å². The van der Waals surface area contributed by atoms with E-state index in [2.05, 4.69) is 6.58 Å². The van der Waals surface area contributed by atoms with Crippen LogP contribution in [-0.4, -0.2) is 46.9 Å². The van der Waals surface area contributed by atoms with Gasteiger partial charge in [0.15, 0.2) is 17.2 Å². The number of carbonyl (C=O) groups is 4. The van der Waals surface area contributed by atoms with Crippen molar-refractivity contribution < 1.29 is 33.8 Å². The number of aliphatic hydroxyl groups is 1. The average molecular weight is 471 g/mol. The van der Waals surface area contributed by atoms with Crippen molar-refractivity contribution in [1.29, 1.82) is 0 Å². The van der Waals surface area contributed by atoms with Gasteiger partial charge in [-0.25, -0.2) is 0 Å². The van der Waals surface area contributed by atoms with Crippen LogP contribution in [0.3, 0.4) is 0 Å². The highest BCUT2D eigenvalue weighted by molar-refractivity contribution is 6.16. The second-order valence-electron chi connectivity index (χ2n) is 11.5. The van der Waals surface area contributed by atoms with E-state index in [0.29, 0.717) is 12.0 Å². The van der Waals surface area contributed by atoms with Gasteiger partial charge in [-0.1, -0.05) is 25.2 Å². The Morgan fingerprint density at radius 3 is 2.38 bits per heavy atom. The van der Waals surface area contributed by atoms with Crippen molar-refractivity contribution in [2.45, 2.75) is 78.4 Å². The van der Waals surface area contributed by atoms with E-state index in [1.807, 2.05) is 33.8 Å². The van der Waals surface area contributed by atoms with Crippen LogP contribution in [0.25, 0.3) is 0 Å². The second-order valence-corrected chi connectivity index (χ2v) is 11.5. The molecule has 0 spiro atoms. The summed E-state index contributed by atoms with van der Waals surface area (Å²) in [4.78, 5) is 53.3. The smallest absolute Gasteiger partial charge is 0.317 e. The molecule has 0 radical (unpaired) electrons. The number of allylic oxidation sites excluding steroid dienone is 2. The molecule has 1 heterocycles.